The lowest BCUT2D eigenvalue weighted by Gasteiger charge is -2.14. The lowest BCUT2D eigenvalue weighted by Crippen LogP contribution is -2.43. The number of aryl methyl sites for hydroxylation is 1. The Morgan fingerprint density at radius 3 is 2.40 bits per heavy atom. The van der Waals surface area contributed by atoms with Crippen molar-refractivity contribution >= 4 is 23.5 Å². The predicted molar refractivity (Wildman–Crippen MR) is 106 cm³/mol. The molecule has 0 saturated heterocycles. The first-order valence-corrected chi connectivity index (χ1v) is 8.77. The third-order valence-corrected chi connectivity index (χ3v) is 4.47. The van der Waals surface area contributed by atoms with E-state index in [1.54, 1.807) is 24.3 Å². The van der Waals surface area contributed by atoms with E-state index in [9.17, 15) is 19.2 Å². The van der Waals surface area contributed by atoms with E-state index in [1.807, 2.05) is 6.07 Å². The van der Waals surface area contributed by atoms with Gasteiger partial charge in [0.1, 0.15) is 16.9 Å². The smallest absolute Gasteiger partial charge is 0.346 e. The van der Waals surface area contributed by atoms with Gasteiger partial charge in [-0.05, 0) is 12.5 Å². The van der Waals surface area contributed by atoms with Crippen LogP contribution in [-0.4, -0.2) is 32.7 Å². The van der Waals surface area contributed by atoms with Crippen molar-refractivity contribution in [2.75, 3.05) is 18.1 Å². The van der Waals surface area contributed by atoms with Crippen molar-refractivity contribution in [3.05, 3.63) is 73.6 Å². The van der Waals surface area contributed by atoms with E-state index in [0.717, 1.165) is 14.7 Å². The van der Waals surface area contributed by atoms with Crippen LogP contribution in [0.5, 0.6) is 0 Å². The number of anilines is 2. The summed E-state index contributed by atoms with van der Waals surface area (Å²) in [5.41, 5.74) is 10.3. The molecule has 0 aliphatic heterocycles. The van der Waals surface area contributed by atoms with E-state index in [2.05, 4.69) is 9.68 Å². The number of benzene rings is 1. The maximum atomic E-state index is 12.6. The molecule has 0 spiro atoms. The zero-order chi connectivity index (χ0) is 22.0. The molecule has 0 aliphatic rings. The molecule has 3 aromatic rings. The molecule has 156 valence electrons. The molecule has 4 N–H and O–H groups in total. The van der Waals surface area contributed by atoms with Crippen molar-refractivity contribution in [1.29, 1.82) is 0 Å². The first kappa shape index (κ1) is 20.6. The molecule has 11 nitrogen and oxygen atoms in total. The number of carbonyl (C=O) groups is 2. The summed E-state index contributed by atoms with van der Waals surface area (Å²) in [7, 11) is 1.23. The lowest BCUT2D eigenvalue weighted by molar-refractivity contribution is 0.0474. The van der Waals surface area contributed by atoms with Gasteiger partial charge in [0.2, 0.25) is 11.7 Å². The number of hydrogen-bond donors (Lipinski definition) is 2. The molecule has 2 aromatic heterocycles. The molecule has 0 atom stereocenters. The van der Waals surface area contributed by atoms with Gasteiger partial charge >= 0.3 is 11.7 Å². The van der Waals surface area contributed by atoms with Crippen LogP contribution in [0.2, 0.25) is 0 Å². The van der Waals surface area contributed by atoms with E-state index >= 15 is 0 Å². The second kappa shape index (κ2) is 8.07. The second-order valence-electron chi connectivity index (χ2n) is 6.49. The highest BCUT2D eigenvalue weighted by Crippen LogP contribution is 2.17. The first-order chi connectivity index (χ1) is 14.2. The summed E-state index contributed by atoms with van der Waals surface area (Å²) in [5.74, 6) is -2.37. The summed E-state index contributed by atoms with van der Waals surface area (Å²) in [6.07, 6.45) is 0. The van der Waals surface area contributed by atoms with Crippen LogP contribution in [0.3, 0.4) is 0 Å². The van der Waals surface area contributed by atoms with Gasteiger partial charge < -0.3 is 20.7 Å². The number of nitrogens with zero attached hydrogens (tertiary/aromatic N) is 3. The van der Waals surface area contributed by atoms with E-state index in [4.69, 9.17) is 16.2 Å². The predicted octanol–water partition coefficient (Wildman–Crippen LogP) is 0.0958. The summed E-state index contributed by atoms with van der Waals surface area (Å²) in [4.78, 5) is 49.8. The number of aromatic nitrogens is 3. The topological polar surface area (TPSA) is 165 Å². The zero-order valence-electron chi connectivity index (χ0n) is 16.2. The largest absolute Gasteiger partial charge is 0.453 e. The molecular formula is C19H19N5O6. The van der Waals surface area contributed by atoms with Crippen molar-refractivity contribution in [3.8, 4) is 0 Å². The van der Waals surface area contributed by atoms with E-state index in [-0.39, 0.29) is 29.5 Å². The van der Waals surface area contributed by atoms with Gasteiger partial charge in [0.05, 0.1) is 12.2 Å². The number of ketones is 1. The molecule has 0 amide bonds. The Bertz CT molecular complexity index is 1220. The molecule has 0 radical (unpaired) electrons. The van der Waals surface area contributed by atoms with Crippen LogP contribution < -0.4 is 22.7 Å². The molecule has 11 heteroatoms. The molecular weight excluding hydrogens is 394 g/mol. The molecule has 0 saturated carbocycles. The van der Waals surface area contributed by atoms with Crippen molar-refractivity contribution in [3.63, 3.8) is 0 Å². The summed E-state index contributed by atoms with van der Waals surface area (Å²) in [5, 5.41) is 3.53. The van der Waals surface area contributed by atoms with Gasteiger partial charge in [-0.3, -0.25) is 18.7 Å². The maximum absolute atomic E-state index is 12.6. The molecule has 1 aromatic carbocycles. The van der Waals surface area contributed by atoms with Crippen LogP contribution >= 0.6 is 0 Å². The van der Waals surface area contributed by atoms with E-state index in [1.165, 1.54) is 14.0 Å². The van der Waals surface area contributed by atoms with Crippen LogP contribution in [0.15, 0.2) is 44.4 Å². The number of rotatable bonds is 6. The Balaban J connectivity index is 1.91. The quantitative estimate of drug-likeness (QED) is 0.421. The average molecular weight is 413 g/mol. The fraction of sp³-hybridized carbons (Fsp3) is 0.211. The number of esters is 1. The monoisotopic (exact) mass is 413 g/mol. The fourth-order valence-electron chi connectivity index (χ4n) is 2.88. The summed E-state index contributed by atoms with van der Waals surface area (Å²) in [6.45, 7) is 0.744. The standard InChI is InChI=1S/C19H19N5O6/c1-10-13(16(21)30-22-10)18(27)29-9-12(25)14-15(20)24(19(28)23(2)17(14)26)8-11-6-4-3-5-7-11/h3-7H,8-9,20-21H2,1-2H3. The minimum Gasteiger partial charge on any atom is -0.453 e. The highest BCUT2D eigenvalue weighted by molar-refractivity contribution is 6.03. The molecule has 0 unspecified atom stereocenters. The van der Waals surface area contributed by atoms with Gasteiger partial charge in [0, 0.05) is 7.05 Å². The van der Waals surface area contributed by atoms with Crippen molar-refractivity contribution in [2.45, 2.75) is 13.5 Å². The Morgan fingerprint density at radius 1 is 1.13 bits per heavy atom. The third-order valence-electron chi connectivity index (χ3n) is 4.47. The van der Waals surface area contributed by atoms with Gasteiger partial charge in [-0.2, -0.15) is 0 Å². The Kier molecular flexibility index (Phi) is 5.54. The number of carbonyl (C=O) groups excluding carboxylic acids is 2. The van der Waals surface area contributed by atoms with Gasteiger partial charge in [-0.15, -0.1) is 0 Å². The molecule has 2 heterocycles. The first-order valence-electron chi connectivity index (χ1n) is 8.77. The second-order valence-corrected chi connectivity index (χ2v) is 6.49. The zero-order valence-corrected chi connectivity index (χ0v) is 16.2. The molecule has 0 fully saturated rings. The van der Waals surface area contributed by atoms with Crippen LogP contribution in [0, 0.1) is 6.92 Å². The SMILES string of the molecule is Cc1noc(N)c1C(=O)OCC(=O)c1c(N)n(Cc2ccccc2)c(=O)n(C)c1=O. The van der Waals surface area contributed by atoms with E-state index < -0.39 is 35.2 Å². The Morgan fingerprint density at radius 2 is 1.80 bits per heavy atom. The Hall–Kier alpha value is -4.15. The number of hydrogen-bond acceptors (Lipinski definition) is 9. The van der Waals surface area contributed by atoms with Crippen molar-refractivity contribution in [1.82, 2.24) is 14.3 Å². The summed E-state index contributed by atoms with van der Waals surface area (Å²) < 4.78 is 11.5. The summed E-state index contributed by atoms with van der Waals surface area (Å²) in [6, 6.07) is 8.91. The van der Waals surface area contributed by atoms with Crippen LogP contribution in [0.25, 0.3) is 0 Å². The van der Waals surface area contributed by atoms with Crippen molar-refractivity contribution in [2.24, 2.45) is 7.05 Å². The fourth-order valence-corrected chi connectivity index (χ4v) is 2.88. The normalized spacial score (nSPS) is 10.7. The number of Topliss-reactive ketones (excluding diaryl/α,β-unsaturated/α-hetero) is 1. The maximum Gasteiger partial charge on any atom is 0.346 e. The minimum absolute atomic E-state index is 0.0517. The molecule has 30 heavy (non-hydrogen) atoms. The highest BCUT2D eigenvalue weighted by Gasteiger charge is 2.25. The highest BCUT2D eigenvalue weighted by atomic mass is 16.5. The van der Waals surface area contributed by atoms with E-state index in [0.29, 0.717) is 0 Å². The third kappa shape index (κ3) is 3.72. The molecule has 0 bridgehead atoms. The van der Waals surface area contributed by atoms with Crippen LogP contribution in [0.1, 0.15) is 32.0 Å². The molecule has 0 aliphatic carbocycles. The number of nitrogens with two attached hydrogens (primary N) is 2. The van der Waals surface area contributed by atoms with Crippen LogP contribution in [-0.2, 0) is 18.3 Å². The number of ether oxygens (including phenoxy) is 1. The van der Waals surface area contributed by atoms with Crippen LogP contribution in [0.4, 0.5) is 11.7 Å². The molecule has 3 rings (SSSR count). The number of nitrogen functional groups attached to an aromatic ring is 2. The van der Waals surface area contributed by atoms with Gasteiger partial charge in [-0.1, -0.05) is 35.5 Å². The summed E-state index contributed by atoms with van der Waals surface area (Å²) >= 11 is 0. The minimum atomic E-state index is -0.937. The van der Waals surface area contributed by atoms with Gasteiger partial charge in [0.15, 0.2) is 6.61 Å². The average Bonchev–Trinajstić information content (AvgIpc) is 3.07. The van der Waals surface area contributed by atoms with Gasteiger partial charge in [-0.25, -0.2) is 9.59 Å². The van der Waals surface area contributed by atoms with Gasteiger partial charge in [0.25, 0.3) is 5.56 Å². The lowest BCUT2D eigenvalue weighted by atomic mass is 10.2. The van der Waals surface area contributed by atoms with Crippen molar-refractivity contribution < 1.29 is 18.8 Å². The Labute approximate surface area is 169 Å².